The zero-order valence-electron chi connectivity index (χ0n) is 23.7. The molecule has 12 nitrogen and oxygen atoms in total. The third-order valence-electron chi connectivity index (χ3n) is 8.43. The van der Waals surface area contributed by atoms with Crippen molar-refractivity contribution in [3.63, 3.8) is 0 Å². The van der Waals surface area contributed by atoms with Crippen molar-refractivity contribution in [2.75, 3.05) is 14.1 Å². The standard InChI is InChI=1S/C29H35N3O9/c1-11-13-9-7-12(8-10-14(33)31-28(2,3)4)21(34)16(13)22(35)17-15(11)23(36)19-20(32(5)6)24(37)18(27(30)40)26(39)29(19,41)25(17)38/h7-11,15,17-20,23,34,36,41H,1-6H3,(H2,30,40)(H,31,33)/b10-8-/t11-,15+,17?,18?,19+,20-,23-,29-/m1/s1. The number of nitrogens with zero attached hydrogens (tertiary/aromatic N) is 1. The Balaban J connectivity index is 1.84. The summed E-state index contributed by atoms with van der Waals surface area (Å²) in [7, 11) is 2.86. The maximum Gasteiger partial charge on any atom is 0.244 e. The van der Waals surface area contributed by atoms with Gasteiger partial charge in [-0.05, 0) is 52.4 Å². The van der Waals surface area contributed by atoms with Crippen LogP contribution < -0.4 is 11.1 Å². The number of benzene rings is 1. The molecule has 0 radical (unpaired) electrons. The number of hydrogen-bond acceptors (Lipinski definition) is 10. The molecule has 41 heavy (non-hydrogen) atoms. The summed E-state index contributed by atoms with van der Waals surface area (Å²) in [5, 5.41) is 37.1. The first-order valence-electron chi connectivity index (χ1n) is 13.2. The van der Waals surface area contributed by atoms with Gasteiger partial charge in [-0.1, -0.05) is 19.1 Å². The summed E-state index contributed by atoms with van der Waals surface area (Å²) in [6.45, 7) is 7.00. The van der Waals surface area contributed by atoms with Crippen molar-refractivity contribution in [1.82, 2.24) is 10.2 Å². The van der Waals surface area contributed by atoms with Crippen LogP contribution in [-0.4, -0.2) is 92.5 Å². The van der Waals surface area contributed by atoms with Crippen molar-refractivity contribution in [3.05, 3.63) is 34.9 Å². The lowest BCUT2D eigenvalue weighted by Gasteiger charge is -2.56. The molecule has 8 atom stereocenters. The highest BCUT2D eigenvalue weighted by Crippen LogP contribution is 2.54. The molecule has 0 spiro atoms. The molecule has 0 heterocycles. The van der Waals surface area contributed by atoms with E-state index < -0.39 is 93.6 Å². The van der Waals surface area contributed by atoms with E-state index in [9.17, 15) is 44.1 Å². The number of carbonyl (C=O) groups is 6. The van der Waals surface area contributed by atoms with Crippen LogP contribution in [0.1, 0.15) is 55.1 Å². The number of hydrogen-bond donors (Lipinski definition) is 5. The van der Waals surface area contributed by atoms with Crippen LogP contribution in [0.4, 0.5) is 0 Å². The Hall–Kier alpha value is -3.74. The summed E-state index contributed by atoms with van der Waals surface area (Å²) in [6, 6.07) is 1.59. The van der Waals surface area contributed by atoms with Gasteiger partial charge in [0.1, 0.15) is 5.75 Å². The number of ketones is 4. The van der Waals surface area contributed by atoms with Crippen LogP contribution in [0.2, 0.25) is 0 Å². The van der Waals surface area contributed by atoms with Gasteiger partial charge in [0.05, 0.1) is 29.5 Å². The molecule has 2 fully saturated rings. The first-order valence-corrected chi connectivity index (χ1v) is 13.2. The summed E-state index contributed by atoms with van der Waals surface area (Å²) < 4.78 is 0. The molecule has 2 amide bonds. The lowest BCUT2D eigenvalue weighted by Crippen LogP contribution is -2.77. The fraction of sp³-hybridized carbons (Fsp3) is 0.517. The molecule has 12 heteroatoms. The van der Waals surface area contributed by atoms with Crippen molar-refractivity contribution >= 4 is 41.0 Å². The Labute approximate surface area is 236 Å². The van der Waals surface area contributed by atoms with Gasteiger partial charge in [-0.25, -0.2) is 0 Å². The first-order chi connectivity index (χ1) is 18.9. The van der Waals surface area contributed by atoms with Crippen LogP contribution in [-0.2, 0) is 24.0 Å². The lowest BCUT2D eigenvalue weighted by molar-refractivity contribution is -0.196. The molecule has 4 rings (SSSR count). The number of Topliss-reactive ketones (excluding diaryl/α,β-unsaturated/α-hetero) is 4. The van der Waals surface area contributed by atoms with Gasteiger partial charge in [0.2, 0.25) is 11.8 Å². The zero-order valence-corrected chi connectivity index (χ0v) is 23.7. The quantitative estimate of drug-likeness (QED) is 0.228. The number of amides is 2. The first kappa shape index (κ1) is 30.2. The fourth-order valence-corrected chi connectivity index (χ4v) is 6.72. The molecule has 1 aromatic carbocycles. The minimum absolute atomic E-state index is 0.105. The van der Waals surface area contributed by atoms with Crippen molar-refractivity contribution < 1.29 is 44.1 Å². The second-order valence-corrected chi connectivity index (χ2v) is 12.4. The van der Waals surface area contributed by atoms with Crippen molar-refractivity contribution in [1.29, 1.82) is 0 Å². The molecule has 0 aliphatic heterocycles. The molecule has 6 N–H and O–H groups in total. The number of nitrogens with one attached hydrogen (secondary N) is 1. The van der Waals surface area contributed by atoms with Gasteiger partial charge >= 0.3 is 0 Å². The third kappa shape index (κ3) is 4.50. The van der Waals surface area contributed by atoms with Gasteiger partial charge in [0, 0.05) is 23.1 Å². The predicted molar refractivity (Wildman–Crippen MR) is 144 cm³/mol. The summed E-state index contributed by atoms with van der Waals surface area (Å²) in [6.07, 6.45) is 0.779. The molecule has 220 valence electrons. The average molecular weight is 570 g/mol. The van der Waals surface area contributed by atoms with Crippen LogP contribution >= 0.6 is 0 Å². The minimum Gasteiger partial charge on any atom is -0.507 e. The van der Waals surface area contributed by atoms with Gasteiger partial charge < -0.3 is 26.4 Å². The molecule has 3 aliphatic carbocycles. The number of nitrogens with two attached hydrogens (primary N) is 1. The zero-order chi connectivity index (χ0) is 30.9. The van der Waals surface area contributed by atoms with Crippen molar-refractivity contribution in [2.45, 2.75) is 56.9 Å². The topological polar surface area (TPSA) is 204 Å². The normalized spacial score (nSPS) is 33.4. The molecular weight excluding hydrogens is 534 g/mol. The number of phenols is 1. The second kappa shape index (κ2) is 9.97. The molecular formula is C29H35N3O9. The number of phenolic OH excluding ortho intramolecular Hbond substituents is 1. The molecule has 2 unspecified atom stereocenters. The highest BCUT2D eigenvalue weighted by Gasteiger charge is 2.72. The Morgan fingerprint density at radius 2 is 1.71 bits per heavy atom. The number of aliphatic hydroxyl groups is 2. The van der Waals surface area contributed by atoms with Crippen LogP contribution in [0.5, 0.6) is 5.75 Å². The van der Waals surface area contributed by atoms with Gasteiger partial charge in [0.25, 0.3) is 0 Å². The predicted octanol–water partition coefficient (Wildman–Crippen LogP) is -0.673. The summed E-state index contributed by atoms with van der Waals surface area (Å²) in [5.41, 5.74) is 1.92. The van der Waals surface area contributed by atoms with E-state index in [1.165, 1.54) is 43.3 Å². The molecule has 3 aliphatic rings. The number of fused-ring (bicyclic) bond motifs is 3. The second-order valence-electron chi connectivity index (χ2n) is 12.4. The third-order valence-corrected chi connectivity index (χ3v) is 8.43. The highest BCUT2D eigenvalue weighted by molar-refractivity contribution is 6.32. The van der Waals surface area contributed by atoms with Crippen molar-refractivity contribution in [3.8, 4) is 5.75 Å². The Kier molecular flexibility index (Phi) is 7.35. The number of carbonyl (C=O) groups excluding carboxylic acids is 6. The molecule has 0 bridgehead atoms. The Bertz CT molecular complexity index is 1410. The minimum atomic E-state index is -3.06. The number of primary amides is 1. The van der Waals surface area contributed by atoms with Crippen LogP contribution in [0.15, 0.2) is 18.2 Å². The summed E-state index contributed by atoms with van der Waals surface area (Å²) in [5.74, 6) is -14.4. The van der Waals surface area contributed by atoms with Crippen LogP contribution in [0, 0.1) is 23.7 Å². The van der Waals surface area contributed by atoms with Crippen molar-refractivity contribution in [2.24, 2.45) is 29.4 Å². The summed E-state index contributed by atoms with van der Waals surface area (Å²) in [4.78, 5) is 80.2. The number of rotatable bonds is 4. The van der Waals surface area contributed by atoms with Crippen LogP contribution in [0.25, 0.3) is 6.08 Å². The monoisotopic (exact) mass is 569 g/mol. The molecule has 0 saturated heterocycles. The van der Waals surface area contributed by atoms with E-state index >= 15 is 0 Å². The number of likely N-dealkylation sites (N-methyl/N-ethyl adjacent to an activating group) is 1. The molecule has 2 saturated carbocycles. The maximum absolute atomic E-state index is 14.0. The SMILES string of the molecule is C[C@@H]1c2ccc(/C=C\C(=O)NC(C)(C)C)c(O)c2C(=O)C2C(=O)[C@@]3(O)C(=O)C(C(N)=O)C(=O)[C@H](N(C)C)[C@H]3[C@H](O)[C@H]21. The van der Waals surface area contributed by atoms with Crippen LogP contribution in [0.3, 0.4) is 0 Å². The van der Waals surface area contributed by atoms with Gasteiger partial charge in [-0.3, -0.25) is 33.7 Å². The number of aromatic hydroxyl groups is 1. The Morgan fingerprint density at radius 3 is 2.24 bits per heavy atom. The molecule has 1 aromatic rings. The van der Waals surface area contributed by atoms with E-state index in [4.69, 9.17) is 5.73 Å². The fourth-order valence-electron chi connectivity index (χ4n) is 6.72. The highest BCUT2D eigenvalue weighted by atomic mass is 16.3. The largest absolute Gasteiger partial charge is 0.507 e. The van der Waals surface area contributed by atoms with Gasteiger partial charge in [0.15, 0.2) is 34.7 Å². The van der Waals surface area contributed by atoms with E-state index in [1.54, 1.807) is 27.7 Å². The summed E-state index contributed by atoms with van der Waals surface area (Å²) >= 11 is 0. The molecule has 0 aromatic heterocycles. The number of aliphatic hydroxyl groups excluding tert-OH is 1. The smallest absolute Gasteiger partial charge is 0.244 e. The Morgan fingerprint density at radius 1 is 1.10 bits per heavy atom. The van der Waals surface area contributed by atoms with E-state index in [2.05, 4.69) is 5.32 Å². The van der Waals surface area contributed by atoms with E-state index in [1.807, 2.05) is 0 Å². The van der Waals surface area contributed by atoms with Gasteiger partial charge in [-0.2, -0.15) is 0 Å². The maximum atomic E-state index is 14.0. The van der Waals surface area contributed by atoms with E-state index in [-0.39, 0.29) is 11.1 Å². The van der Waals surface area contributed by atoms with E-state index in [0.717, 1.165) is 0 Å². The lowest BCUT2D eigenvalue weighted by atomic mass is 9.49. The average Bonchev–Trinajstić information content (AvgIpc) is 2.84. The van der Waals surface area contributed by atoms with Gasteiger partial charge in [-0.15, -0.1) is 0 Å². The van der Waals surface area contributed by atoms with E-state index in [0.29, 0.717) is 5.56 Å².